The second kappa shape index (κ2) is 1.85. The molecule has 3 fully saturated rings. The van der Waals surface area contributed by atoms with E-state index in [0.29, 0.717) is 0 Å². The van der Waals surface area contributed by atoms with E-state index in [1.54, 1.807) is 14.1 Å². The Morgan fingerprint density at radius 1 is 1.55 bits per heavy atom. The van der Waals surface area contributed by atoms with Crippen molar-refractivity contribution in [2.45, 2.75) is 12.2 Å². The maximum absolute atomic E-state index is 10.9. The van der Waals surface area contributed by atoms with Gasteiger partial charge in [-0.25, -0.2) is 13.6 Å². The molecule has 3 aliphatic heterocycles. The van der Waals surface area contributed by atoms with Gasteiger partial charge in [-0.3, -0.25) is 9.42 Å². The van der Waals surface area contributed by atoms with Gasteiger partial charge in [0.1, 0.15) is 0 Å². The summed E-state index contributed by atoms with van der Waals surface area (Å²) in [5, 5.41) is 9.27. The lowest BCUT2D eigenvalue weighted by molar-refractivity contribution is -0.338. The fraction of sp³-hybridized carbons (Fsp3) is 1.00. The fourth-order valence-corrected chi connectivity index (χ4v) is 2.56. The molecule has 0 spiro atoms. The maximum atomic E-state index is 10.9. The van der Waals surface area contributed by atoms with Gasteiger partial charge in [-0.15, -0.1) is 0 Å². The van der Waals surface area contributed by atoms with Gasteiger partial charge in [0, 0.05) is 0 Å². The smallest absolute Gasteiger partial charge is 0.339 e. The van der Waals surface area contributed by atoms with Gasteiger partial charge in [-0.1, -0.05) is 0 Å². The Hall–Kier alpha value is 0.0300. The minimum atomic E-state index is -3.37. The Balaban J connectivity index is 2.23. The van der Waals surface area contributed by atoms with Gasteiger partial charge in [0.05, 0.1) is 0 Å². The van der Waals surface area contributed by atoms with E-state index in [0.717, 1.165) is 0 Å². The molecule has 0 aromatic carbocycles. The molecule has 2 bridgehead atoms. The molecule has 3 rings (SSSR count). The van der Waals surface area contributed by atoms with Crippen molar-refractivity contribution in [2.75, 3.05) is 14.1 Å². The molecule has 3 saturated heterocycles. The van der Waals surface area contributed by atoms with Crippen molar-refractivity contribution in [1.82, 2.24) is 4.90 Å². The lowest BCUT2D eigenvalue weighted by Crippen LogP contribution is -2.50. The third-order valence-electron chi connectivity index (χ3n) is 1.50. The van der Waals surface area contributed by atoms with Crippen LogP contribution in [0.2, 0.25) is 0 Å². The first-order chi connectivity index (χ1) is 4.95. The van der Waals surface area contributed by atoms with Crippen LogP contribution in [0.5, 0.6) is 0 Å². The van der Waals surface area contributed by atoms with E-state index in [-0.39, 0.29) is 0 Å². The molecule has 0 aromatic rings. The molecule has 1 unspecified atom stereocenters. The summed E-state index contributed by atoms with van der Waals surface area (Å²) in [4.78, 5) is 1.52. The standard InChI is InChI=1S/C4H8NO5P/c1-5(2)3-4(6)9-11(7,8-3)10-4/h3,6H,1-2H3. The quantitative estimate of drug-likeness (QED) is 0.560. The second-order valence-electron chi connectivity index (χ2n) is 2.68. The first kappa shape index (κ1) is 7.67. The van der Waals surface area contributed by atoms with Crippen molar-refractivity contribution in [1.29, 1.82) is 0 Å². The average molecular weight is 181 g/mol. The number of phosphoric acid groups is 1. The van der Waals surface area contributed by atoms with Gasteiger partial charge in [0.15, 0.2) is 0 Å². The lowest BCUT2D eigenvalue weighted by Gasteiger charge is -2.31. The predicted molar refractivity (Wildman–Crippen MR) is 33.3 cm³/mol. The van der Waals surface area contributed by atoms with Crippen molar-refractivity contribution >= 4 is 7.82 Å². The van der Waals surface area contributed by atoms with Crippen LogP contribution < -0.4 is 0 Å². The van der Waals surface area contributed by atoms with E-state index >= 15 is 0 Å². The van der Waals surface area contributed by atoms with E-state index in [4.69, 9.17) is 4.52 Å². The van der Waals surface area contributed by atoms with Crippen LogP contribution in [0, 0.1) is 0 Å². The van der Waals surface area contributed by atoms with E-state index in [9.17, 15) is 9.67 Å². The lowest BCUT2D eigenvalue weighted by atomic mass is 10.4. The Morgan fingerprint density at radius 2 is 2.09 bits per heavy atom. The SMILES string of the molecule is CN(C)C1OP2(=O)OC1(O)O2. The van der Waals surface area contributed by atoms with Gasteiger partial charge >= 0.3 is 13.8 Å². The van der Waals surface area contributed by atoms with E-state index in [1.165, 1.54) is 4.90 Å². The van der Waals surface area contributed by atoms with Crippen molar-refractivity contribution in [3.8, 4) is 0 Å². The second-order valence-corrected chi connectivity index (χ2v) is 4.15. The molecular formula is C4H8NO5P. The van der Waals surface area contributed by atoms with Crippen molar-refractivity contribution in [3.63, 3.8) is 0 Å². The van der Waals surface area contributed by atoms with Gasteiger partial charge < -0.3 is 5.11 Å². The molecule has 64 valence electrons. The molecule has 0 aromatic heterocycles. The molecule has 7 heteroatoms. The highest BCUT2D eigenvalue weighted by Crippen LogP contribution is 2.73. The summed E-state index contributed by atoms with van der Waals surface area (Å²) in [6.07, 6.45) is -0.798. The number of hydrogen-bond acceptors (Lipinski definition) is 6. The molecule has 3 heterocycles. The van der Waals surface area contributed by atoms with Crippen molar-refractivity contribution in [2.24, 2.45) is 0 Å². The van der Waals surface area contributed by atoms with Crippen LogP contribution in [0.1, 0.15) is 0 Å². The number of nitrogens with zero attached hydrogens (tertiary/aromatic N) is 1. The third-order valence-corrected chi connectivity index (χ3v) is 2.92. The first-order valence-corrected chi connectivity index (χ1v) is 4.50. The molecule has 3 aliphatic rings. The molecule has 0 saturated carbocycles. The number of fused-ring (bicyclic) bond motifs is 1. The third kappa shape index (κ3) is 0.885. The number of hydrogen-bond donors (Lipinski definition) is 1. The highest BCUT2D eigenvalue weighted by Gasteiger charge is 2.72. The monoisotopic (exact) mass is 181 g/mol. The summed E-state index contributed by atoms with van der Waals surface area (Å²) < 4.78 is 24.8. The van der Waals surface area contributed by atoms with E-state index in [1.807, 2.05) is 0 Å². The highest BCUT2D eigenvalue weighted by molar-refractivity contribution is 7.50. The minimum Gasteiger partial charge on any atom is -0.339 e. The summed E-state index contributed by atoms with van der Waals surface area (Å²) in [6, 6.07) is 0. The molecule has 0 amide bonds. The first-order valence-electron chi connectivity index (χ1n) is 3.04. The van der Waals surface area contributed by atoms with Crippen LogP contribution >= 0.6 is 7.82 Å². The molecule has 1 N–H and O–H groups in total. The Kier molecular flexibility index (Phi) is 1.29. The molecule has 0 aliphatic carbocycles. The maximum Gasteiger partial charge on any atom is 0.485 e. The summed E-state index contributed by atoms with van der Waals surface area (Å²) in [5.41, 5.74) is 0. The molecule has 1 atom stereocenters. The minimum absolute atomic E-state index is 0.798. The Morgan fingerprint density at radius 3 is 2.27 bits per heavy atom. The zero-order valence-corrected chi connectivity index (χ0v) is 6.95. The number of aliphatic hydroxyl groups is 1. The Bertz CT molecular complexity index is 231. The van der Waals surface area contributed by atoms with E-state index in [2.05, 4.69) is 9.05 Å². The summed E-state index contributed by atoms with van der Waals surface area (Å²) in [7, 11) is -0.0546. The highest BCUT2D eigenvalue weighted by atomic mass is 31.2. The molecule has 11 heavy (non-hydrogen) atoms. The number of likely N-dealkylation sites (N-methyl/N-ethyl adjacent to an activating group) is 1. The molecule has 0 radical (unpaired) electrons. The van der Waals surface area contributed by atoms with Crippen LogP contribution in [0.25, 0.3) is 0 Å². The van der Waals surface area contributed by atoms with Crippen LogP contribution in [-0.2, 0) is 18.1 Å². The van der Waals surface area contributed by atoms with Gasteiger partial charge in [-0.2, -0.15) is 0 Å². The van der Waals surface area contributed by atoms with Gasteiger partial charge in [0.2, 0.25) is 6.23 Å². The van der Waals surface area contributed by atoms with Crippen LogP contribution in [-0.4, -0.2) is 36.3 Å². The average Bonchev–Trinajstić information content (AvgIpc) is 2.13. The van der Waals surface area contributed by atoms with E-state index < -0.39 is 20.0 Å². The largest absolute Gasteiger partial charge is 0.485 e. The number of rotatable bonds is 1. The zero-order chi connectivity index (χ0) is 8.28. The Labute approximate surface area is 63.3 Å². The summed E-state index contributed by atoms with van der Waals surface area (Å²) >= 11 is 0. The van der Waals surface area contributed by atoms with Gasteiger partial charge in [0.25, 0.3) is 0 Å². The normalized spacial score (nSPS) is 54.7. The van der Waals surface area contributed by atoms with Crippen LogP contribution in [0.15, 0.2) is 0 Å². The fourth-order valence-electron chi connectivity index (χ4n) is 1.07. The van der Waals surface area contributed by atoms with Crippen LogP contribution in [0.4, 0.5) is 0 Å². The zero-order valence-electron chi connectivity index (χ0n) is 6.05. The topological polar surface area (TPSA) is 68.2 Å². The molecule has 6 nitrogen and oxygen atoms in total. The molecular weight excluding hydrogens is 173 g/mol. The van der Waals surface area contributed by atoms with Crippen molar-refractivity contribution < 1.29 is 23.2 Å². The van der Waals surface area contributed by atoms with Gasteiger partial charge in [-0.05, 0) is 14.1 Å². The van der Waals surface area contributed by atoms with Crippen LogP contribution in [0.3, 0.4) is 0 Å². The summed E-state index contributed by atoms with van der Waals surface area (Å²) in [6.45, 7) is 0. The predicted octanol–water partition coefficient (Wildman–Crippen LogP) is -0.295. The summed E-state index contributed by atoms with van der Waals surface area (Å²) in [5.74, 6) is -1.82. The van der Waals surface area contributed by atoms with Crippen molar-refractivity contribution in [3.05, 3.63) is 0 Å². The number of phosphoric ester groups is 1.